The molecule has 2 rings (SSSR count). The maximum Gasteiger partial charge on any atom is 0.131 e. The predicted molar refractivity (Wildman–Crippen MR) is 73.3 cm³/mol. The Bertz CT molecular complexity index is 617. The summed E-state index contributed by atoms with van der Waals surface area (Å²) < 4.78 is 32.1. The van der Waals surface area contributed by atoms with Crippen molar-refractivity contribution in [2.45, 2.75) is 13.0 Å². The van der Waals surface area contributed by atoms with Crippen molar-refractivity contribution in [3.05, 3.63) is 64.7 Å². The second-order valence-electron chi connectivity index (χ2n) is 4.49. The highest BCUT2D eigenvalue weighted by molar-refractivity contribution is 5.41. The molecule has 0 saturated carbocycles. The average molecular weight is 278 g/mol. The molecule has 106 valence electrons. The molecule has 0 radical (unpaired) electrons. The molecule has 1 atom stereocenters. The molecule has 0 bridgehead atoms. The predicted octanol–water partition coefficient (Wildman–Crippen LogP) is 2.83. The summed E-state index contributed by atoms with van der Waals surface area (Å²) in [6.07, 6.45) is 0. The fraction of sp³-hybridized carbons (Fsp3) is 0.200. The third kappa shape index (κ3) is 2.79. The number of nitrogens with two attached hydrogens (primary N) is 1. The van der Waals surface area contributed by atoms with Gasteiger partial charge in [-0.2, -0.15) is 0 Å². The smallest absolute Gasteiger partial charge is 0.131 e. The first kappa shape index (κ1) is 14.4. The quantitative estimate of drug-likeness (QED) is 0.668. The van der Waals surface area contributed by atoms with E-state index in [-0.39, 0.29) is 5.56 Å². The van der Waals surface area contributed by atoms with Gasteiger partial charge in [-0.25, -0.2) is 14.2 Å². The van der Waals surface area contributed by atoms with Gasteiger partial charge in [0.25, 0.3) is 0 Å². The van der Waals surface area contributed by atoms with E-state index in [1.165, 1.54) is 12.1 Å². The minimum atomic E-state index is -0.646. The van der Waals surface area contributed by atoms with E-state index in [2.05, 4.69) is 5.43 Å². The van der Waals surface area contributed by atoms with Crippen molar-refractivity contribution in [3.8, 4) is 5.75 Å². The second-order valence-corrected chi connectivity index (χ2v) is 4.49. The van der Waals surface area contributed by atoms with Gasteiger partial charge in [0.1, 0.15) is 17.4 Å². The third-order valence-corrected chi connectivity index (χ3v) is 3.21. The molecular formula is C15H16F2N2O. The first-order valence-electron chi connectivity index (χ1n) is 6.12. The van der Waals surface area contributed by atoms with E-state index >= 15 is 0 Å². The number of ether oxygens (including phenoxy) is 1. The lowest BCUT2D eigenvalue weighted by Crippen LogP contribution is -2.29. The third-order valence-electron chi connectivity index (χ3n) is 3.21. The molecule has 0 heterocycles. The van der Waals surface area contributed by atoms with Gasteiger partial charge in [-0.1, -0.05) is 18.2 Å². The van der Waals surface area contributed by atoms with E-state index in [4.69, 9.17) is 10.6 Å². The number of aryl methyl sites for hydroxylation is 1. The maximum atomic E-state index is 13.9. The number of benzene rings is 2. The number of hydrogen-bond donors (Lipinski definition) is 2. The van der Waals surface area contributed by atoms with Crippen LogP contribution in [0.3, 0.4) is 0 Å². The summed E-state index contributed by atoms with van der Waals surface area (Å²) in [6.45, 7) is 1.91. The molecule has 5 heteroatoms. The van der Waals surface area contributed by atoms with Gasteiger partial charge in [0.2, 0.25) is 0 Å². The molecule has 3 N–H and O–H groups in total. The van der Waals surface area contributed by atoms with Crippen LogP contribution in [0.2, 0.25) is 0 Å². The Labute approximate surface area is 116 Å². The van der Waals surface area contributed by atoms with Gasteiger partial charge >= 0.3 is 0 Å². The largest absolute Gasteiger partial charge is 0.496 e. The van der Waals surface area contributed by atoms with Crippen LogP contribution >= 0.6 is 0 Å². The highest BCUT2D eigenvalue weighted by atomic mass is 19.1. The van der Waals surface area contributed by atoms with Crippen LogP contribution in [-0.4, -0.2) is 7.11 Å². The van der Waals surface area contributed by atoms with Crippen molar-refractivity contribution in [2.75, 3.05) is 7.11 Å². The van der Waals surface area contributed by atoms with Crippen molar-refractivity contribution in [1.29, 1.82) is 0 Å². The minimum absolute atomic E-state index is 0.278. The zero-order valence-corrected chi connectivity index (χ0v) is 11.3. The van der Waals surface area contributed by atoms with E-state index in [0.717, 1.165) is 17.2 Å². The molecule has 0 saturated heterocycles. The Morgan fingerprint density at radius 3 is 2.50 bits per heavy atom. The summed E-state index contributed by atoms with van der Waals surface area (Å²) in [7, 11) is 1.56. The zero-order chi connectivity index (χ0) is 14.7. The molecule has 3 nitrogen and oxygen atoms in total. The summed E-state index contributed by atoms with van der Waals surface area (Å²) in [5, 5.41) is 0. The van der Waals surface area contributed by atoms with Crippen molar-refractivity contribution in [1.82, 2.24) is 5.43 Å². The second kappa shape index (κ2) is 5.98. The van der Waals surface area contributed by atoms with Crippen molar-refractivity contribution >= 4 is 0 Å². The summed E-state index contributed by atoms with van der Waals surface area (Å²) in [4.78, 5) is 0. The topological polar surface area (TPSA) is 47.3 Å². The monoisotopic (exact) mass is 278 g/mol. The number of hydrogen-bond acceptors (Lipinski definition) is 3. The number of methoxy groups -OCH3 is 1. The van der Waals surface area contributed by atoms with Crippen LogP contribution < -0.4 is 16.0 Å². The average Bonchev–Trinajstić information content (AvgIpc) is 2.43. The van der Waals surface area contributed by atoms with Crippen LogP contribution in [0.25, 0.3) is 0 Å². The van der Waals surface area contributed by atoms with E-state index in [1.54, 1.807) is 13.2 Å². The normalized spacial score (nSPS) is 12.2. The Morgan fingerprint density at radius 1 is 1.15 bits per heavy atom. The van der Waals surface area contributed by atoms with Crippen LogP contribution in [0, 0.1) is 18.6 Å². The molecule has 0 aliphatic rings. The number of rotatable bonds is 4. The molecule has 2 aromatic carbocycles. The van der Waals surface area contributed by atoms with Gasteiger partial charge in [-0.3, -0.25) is 5.84 Å². The highest BCUT2D eigenvalue weighted by Gasteiger charge is 2.18. The summed E-state index contributed by atoms with van der Waals surface area (Å²) >= 11 is 0. The standard InChI is InChI=1S/C15H16F2N2O/c1-9-3-4-10(7-14(9)20-2)15(19-18)12-6-5-11(16)8-13(12)17/h3-8,15,19H,18H2,1-2H3. The lowest BCUT2D eigenvalue weighted by Gasteiger charge is -2.19. The molecule has 0 amide bonds. The zero-order valence-electron chi connectivity index (χ0n) is 11.3. The molecule has 0 spiro atoms. The Morgan fingerprint density at radius 2 is 1.90 bits per heavy atom. The van der Waals surface area contributed by atoms with Gasteiger partial charge in [-0.05, 0) is 30.2 Å². The number of nitrogens with one attached hydrogen (secondary N) is 1. The van der Waals surface area contributed by atoms with Crippen LogP contribution in [0.4, 0.5) is 8.78 Å². The summed E-state index contributed by atoms with van der Waals surface area (Å²) in [5.41, 5.74) is 4.53. The molecule has 1 unspecified atom stereocenters. The number of halogens is 2. The van der Waals surface area contributed by atoms with Crippen LogP contribution in [0.1, 0.15) is 22.7 Å². The van der Waals surface area contributed by atoms with E-state index < -0.39 is 17.7 Å². The molecule has 0 aliphatic heterocycles. The fourth-order valence-corrected chi connectivity index (χ4v) is 2.12. The molecular weight excluding hydrogens is 262 g/mol. The number of hydrazine groups is 1. The van der Waals surface area contributed by atoms with Crippen LogP contribution in [0.5, 0.6) is 5.75 Å². The van der Waals surface area contributed by atoms with E-state index in [0.29, 0.717) is 5.75 Å². The van der Waals surface area contributed by atoms with E-state index in [1.807, 2.05) is 19.1 Å². The van der Waals surface area contributed by atoms with Gasteiger partial charge < -0.3 is 4.74 Å². The summed E-state index contributed by atoms with van der Waals surface area (Å²) in [5.74, 6) is 4.94. The Hall–Kier alpha value is -1.98. The lowest BCUT2D eigenvalue weighted by atomic mass is 9.97. The Kier molecular flexibility index (Phi) is 4.32. The fourth-order valence-electron chi connectivity index (χ4n) is 2.12. The highest BCUT2D eigenvalue weighted by Crippen LogP contribution is 2.28. The first-order valence-corrected chi connectivity index (χ1v) is 6.12. The van der Waals surface area contributed by atoms with Crippen LogP contribution in [0.15, 0.2) is 36.4 Å². The van der Waals surface area contributed by atoms with E-state index in [9.17, 15) is 8.78 Å². The molecule has 0 aliphatic carbocycles. The Balaban J connectivity index is 2.46. The molecule has 0 fully saturated rings. The maximum absolute atomic E-state index is 13.9. The van der Waals surface area contributed by atoms with Gasteiger partial charge in [0.05, 0.1) is 13.2 Å². The van der Waals surface area contributed by atoms with Crippen molar-refractivity contribution in [2.24, 2.45) is 5.84 Å². The molecule has 20 heavy (non-hydrogen) atoms. The van der Waals surface area contributed by atoms with Crippen LogP contribution in [-0.2, 0) is 0 Å². The molecule has 0 aromatic heterocycles. The molecule has 2 aromatic rings. The first-order chi connectivity index (χ1) is 9.56. The summed E-state index contributed by atoms with van der Waals surface area (Å²) in [6, 6.07) is 8.30. The van der Waals surface area contributed by atoms with Gasteiger partial charge in [0, 0.05) is 11.6 Å². The van der Waals surface area contributed by atoms with Crippen molar-refractivity contribution < 1.29 is 13.5 Å². The SMILES string of the molecule is COc1cc(C(NN)c2ccc(F)cc2F)ccc1C. The van der Waals surface area contributed by atoms with Gasteiger partial charge in [-0.15, -0.1) is 0 Å². The van der Waals surface area contributed by atoms with Gasteiger partial charge in [0.15, 0.2) is 0 Å². The minimum Gasteiger partial charge on any atom is -0.496 e. The lowest BCUT2D eigenvalue weighted by molar-refractivity contribution is 0.410. The van der Waals surface area contributed by atoms with Crippen molar-refractivity contribution in [3.63, 3.8) is 0 Å².